The van der Waals surface area contributed by atoms with Gasteiger partial charge >= 0.3 is 16.2 Å². The SMILES string of the molecule is COc1ccc(N(C)C(=O)[C@H](Cc2ccccc2)NC(=O)NS(=O)(=O)N[C@@H](Cc2ccccc2)C(=O)N(C)c2ccc(OC)cc2)cc1. The average Bonchev–Trinajstić information content (AvgIpc) is 3.10. The van der Waals surface area contributed by atoms with Crippen LogP contribution >= 0.6 is 0 Å². The summed E-state index contributed by atoms with van der Waals surface area (Å²) >= 11 is 0. The number of amides is 4. The quantitative estimate of drug-likeness (QED) is 0.185. The topological polar surface area (TPSA) is 146 Å². The number of anilines is 2. The molecular weight excluding hydrogens is 634 g/mol. The van der Waals surface area contributed by atoms with Crippen molar-refractivity contribution < 1.29 is 32.3 Å². The van der Waals surface area contributed by atoms with Gasteiger partial charge in [-0.15, -0.1) is 0 Å². The highest BCUT2D eigenvalue weighted by Gasteiger charge is 2.31. The molecule has 12 nitrogen and oxygen atoms in total. The molecule has 0 aliphatic carbocycles. The zero-order valence-electron chi connectivity index (χ0n) is 27.1. The molecule has 0 unspecified atom stereocenters. The van der Waals surface area contributed by atoms with Crippen LogP contribution in [0.4, 0.5) is 16.2 Å². The summed E-state index contributed by atoms with van der Waals surface area (Å²) in [4.78, 5) is 43.2. The molecule has 0 radical (unpaired) electrons. The Balaban J connectivity index is 1.52. The fraction of sp³-hybridized carbons (Fsp3) is 0.229. The number of carbonyl (C=O) groups is 3. The summed E-state index contributed by atoms with van der Waals surface area (Å²) in [5.74, 6) is 0.154. The first-order valence-corrected chi connectivity index (χ1v) is 16.5. The van der Waals surface area contributed by atoms with Gasteiger partial charge in [-0.3, -0.25) is 9.59 Å². The molecule has 0 aromatic heterocycles. The van der Waals surface area contributed by atoms with Crippen LogP contribution in [-0.4, -0.2) is 66.7 Å². The smallest absolute Gasteiger partial charge is 0.330 e. The molecule has 0 bridgehead atoms. The molecule has 4 rings (SSSR count). The first kappa shape index (κ1) is 35.5. The van der Waals surface area contributed by atoms with E-state index in [0.717, 1.165) is 5.56 Å². The lowest BCUT2D eigenvalue weighted by atomic mass is 10.0. The summed E-state index contributed by atoms with van der Waals surface area (Å²) in [5.41, 5.74) is 2.49. The third kappa shape index (κ3) is 9.80. The van der Waals surface area contributed by atoms with Crippen molar-refractivity contribution in [1.29, 1.82) is 0 Å². The third-order valence-electron chi connectivity index (χ3n) is 7.57. The first-order chi connectivity index (χ1) is 23.0. The molecule has 0 aliphatic rings. The van der Waals surface area contributed by atoms with Crippen molar-refractivity contribution >= 4 is 39.4 Å². The molecule has 13 heteroatoms. The molecule has 0 fully saturated rings. The highest BCUT2D eigenvalue weighted by molar-refractivity contribution is 7.88. The molecule has 2 atom stereocenters. The van der Waals surface area contributed by atoms with Gasteiger partial charge in [0.25, 0.3) is 0 Å². The van der Waals surface area contributed by atoms with Crippen LogP contribution in [0.2, 0.25) is 0 Å². The molecule has 0 saturated heterocycles. The van der Waals surface area contributed by atoms with E-state index in [1.807, 2.05) is 10.8 Å². The maximum atomic E-state index is 13.7. The standard InChI is InChI=1S/C35H39N5O7S/c1-39(27-15-19-29(46-3)20-16-27)33(41)31(23-25-11-7-5-8-12-25)36-35(43)38-48(44,45)37-32(24-26-13-9-6-10-14-26)34(42)40(2)28-17-21-30(47-4)22-18-28/h5-22,31-32,37H,23-24H2,1-4H3,(H2,36,38,43)/t31-,32-/m0/s1. The Kier molecular flexibility index (Phi) is 12.1. The number of nitrogens with one attached hydrogen (secondary N) is 3. The Morgan fingerprint density at radius 1 is 0.625 bits per heavy atom. The number of nitrogens with zero attached hydrogens (tertiary/aromatic N) is 2. The molecule has 0 heterocycles. The summed E-state index contributed by atoms with van der Waals surface area (Å²) in [5, 5.41) is 2.51. The van der Waals surface area contributed by atoms with Crippen molar-refractivity contribution in [3.63, 3.8) is 0 Å². The normalized spacial score (nSPS) is 12.2. The summed E-state index contributed by atoms with van der Waals surface area (Å²) in [6.07, 6.45) is 0.0906. The molecule has 0 spiro atoms. The van der Waals surface area contributed by atoms with Crippen LogP contribution in [0, 0.1) is 0 Å². The van der Waals surface area contributed by atoms with Crippen molar-refractivity contribution in [3.8, 4) is 11.5 Å². The fourth-order valence-electron chi connectivity index (χ4n) is 4.94. The number of rotatable bonds is 14. The number of benzene rings is 4. The molecule has 0 saturated carbocycles. The van der Waals surface area contributed by atoms with Crippen LogP contribution in [0.1, 0.15) is 11.1 Å². The van der Waals surface area contributed by atoms with Crippen LogP contribution in [0.25, 0.3) is 0 Å². The molecule has 48 heavy (non-hydrogen) atoms. The minimum atomic E-state index is -4.61. The van der Waals surface area contributed by atoms with Crippen molar-refractivity contribution in [3.05, 3.63) is 120 Å². The van der Waals surface area contributed by atoms with Crippen LogP contribution in [0.3, 0.4) is 0 Å². The van der Waals surface area contributed by atoms with E-state index in [9.17, 15) is 22.8 Å². The molecule has 252 valence electrons. The van der Waals surface area contributed by atoms with E-state index in [-0.39, 0.29) is 12.8 Å². The first-order valence-electron chi connectivity index (χ1n) is 15.0. The second-order valence-electron chi connectivity index (χ2n) is 10.9. The summed E-state index contributed by atoms with van der Waals surface area (Å²) in [6, 6.07) is 27.8. The zero-order valence-corrected chi connectivity index (χ0v) is 27.9. The minimum Gasteiger partial charge on any atom is -0.497 e. The summed E-state index contributed by atoms with van der Waals surface area (Å²) in [6.45, 7) is 0. The van der Waals surface area contributed by atoms with Crippen LogP contribution in [-0.2, 0) is 32.6 Å². The second kappa shape index (κ2) is 16.4. The largest absolute Gasteiger partial charge is 0.497 e. The highest BCUT2D eigenvalue weighted by Crippen LogP contribution is 2.21. The van der Waals surface area contributed by atoms with Crippen molar-refractivity contribution in [1.82, 2.24) is 14.8 Å². The van der Waals surface area contributed by atoms with E-state index in [1.165, 1.54) is 31.1 Å². The highest BCUT2D eigenvalue weighted by atomic mass is 32.2. The number of likely N-dealkylation sites (N-methyl/N-ethyl adjacent to an activating group) is 2. The van der Waals surface area contributed by atoms with Gasteiger partial charge in [-0.1, -0.05) is 60.7 Å². The van der Waals surface area contributed by atoms with Crippen molar-refractivity contribution in [2.75, 3.05) is 38.1 Å². The number of ether oxygens (including phenoxy) is 2. The maximum absolute atomic E-state index is 13.7. The van der Waals surface area contributed by atoms with E-state index < -0.39 is 40.1 Å². The lowest BCUT2D eigenvalue weighted by Gasteiger charge is -2.26. The number of hydrogen-bond donors (Lipinski definition) is 3. The van der Waals surface area contributed by atoms with Crippen LogP contribution in [0.5, 0.6) is 11.5 Å². The molecule has 3 N–H and O–H groups in total. The van der Waals surface area contributed by atoms with E-state index >= 15 is 0 Å². The molecule has 4 aromatic carbocycles. The van der Waals surface area contributed by atoms with Gasteiger partial charge < -0.3 is 24.6 Å². The van der Waals surface area contributed by atoms with E-state index in [4.69, 9.17) is 9.47 Å². The maximum Gasteiger partial charge on any atom is 0.330 e. The third-order valence-corrected chi connectivity index (χ3v) is 8.62. The summed E-state index contributed by atoms with van der Waals surface area (Å²) < 4.78 is 41.3. The Bertz CT molecular complexity index is 1770. The van der Waals surface area contributed by atoms with Gasteiger partial charge in [-0.2, -0.15) is 13.1 Å². The molecule has 4 amide bonds. The Labute approximate surface area is 280 Å². The van der Waals surface area contributed by atoms with Gasteiger partial charge in [-0.25, -0.2) is 9.52 Å². The monoisotopic (exact) mass is 673 g/mol. The van der Waals surface area contributed by atoms with Gasteiger partial charge in [0.1, 0.15) is 23.6 Å². The zero-order chi connectivity index (χ0) is 34.7. The van der Waals surface area contributed by atoms with Gasteiger partial charge in [0, 0.05) is 31.9 Å². The molecule has 4 aromatic rings. The Morgan fingerprint density at radius 2 is 1.02 bits per heavy atom. The Morgan fingerprint density at radius 3 is 1.44 bits per heavy atom. The van der Waals surface area contributed by atoms with Gasteiger partial charge in [0.05, 0.1) is 14.2 Å². The van der Waals surface area contributed by atoms with Crippen molar-refractivity contribution in [2.24, 2.45) is 0 Å². The Hall–Kier alpha value is -5.40. The lowest BCUT2D eigenvalue weighted by molar-refractivity contribution is -0.120. The number of carbonyl (C=O) groups excluding carboxylic acids is 3. The average molecular weight is 674 g/mol. The number of hydrogen-bond acceptors (Lipinski definition) is 7. The van der Waals surface area contributed by atoms with Crippen molar-refractivity contribution in [2.45, 2.75) is 24.9 Å². The van der Waals surface area contributed by atoms with E-state index in [0.29, 0.717) is 28.4 Å². The number of methoxy groups -OCH3 is 2. The van der Waals surface area contributed by atoms with Gasteiger partial charge in [0.15, 0.2) is 0 Å². The van der Waals surface area contributed by atoms with E-state index in [1.54, 1.807) is 110 Å². The predicted octanol–water partition coefficient (Wildman–Crippen LogP) is 3.69. The van der Waals surface area contributed by atoms with E-state index in [2.05, 4.69) is 10.0 Å². The van der Waals surface area contributed by atoms with Gasteiger partial charge in [0.2, 0.25) is 11.8 Å². The lowest BCUT2D eigenvalue weighted by Crippen LogP contribution is -2.57. The number of urea groups is 1. The van der Waals surface area contributed by atoms with Crippen LogP contribution < -0.4 is 34.0 Å². The molecule has 0 aliphatic heterocycles. The fourth-order valence-corrected chi connectivity index (χ4v) is 5.86. The minimum absolute atomic E-state index is 0.00444. The summed E-state index contributed by atoms with van der Waals surface area (Å²) in [7, 11) is 1.52. The van der Waals surface area contributed by atoms with Crippen LogP contribution in [0.15, 0.2) is 109 Å². The molecular formula is C35H39N5O7S. The second-order valence-corrected chi connectivity index (χ2v) is 12.3. The van der Waals surface area contributed by atoms with Gasteiger partial charge in [-0.05, 0) is 66.1 Å². The predicted molar refractivity (Wildman–Crippen MR) is 184 cm³/mol.